The Morgan fingerprint density at radius 1 is 1.05 bits per heavy atom. The monoisotopic (exact) mass is 609 g/mol. The summed E-state index contributed by atoms with van der Waals surface area (Å²) in [4.78, 5) is 13.2. The first-order valence-corrected chi connectivity index (χ1v) is 18.1. The molecule has 5 nitrogen and oxygen atoms in total. The minimum atomic E-state index is -3.53. The van der Waals surface area contributed by atoms with Crippen molar-refractivity contribution in [1.82, 2.24) is 4.72 Å². The lowest BCUT2D eigenvalue weighted by Crippen LogP contribution is -2.59. The number of carboxylic acid groups (broad SMARTS) is 1. The molecule has 43 heavy (non-hydrogen) atoms. The molecule has 9 unspecified atom stereocenters. The minimum absolute atomic E-state index is 0.0918. The average Bonchev–Trinajstić information content (AvgIpc) is 3.35. The van der Waals surface area contributed by atoms with Gasteiger partial charge in [-0.15, -0.1) is 0 Å². The highest BCUT2D eigenvalue weighted by molar-refractivity contribution is 7.89. The number of benzene rings is 1. The van der Waals surface area contributed by atoms with E-state index in [1.54, 1.807) is 6.07 Å². The molecule has 0 amide bonds. The molecular weight excluding hydrogens is 554 g/mol. The summed E-state index contributed by atoms with van der Waals surface area (Å²) in [5.74, 6) is 1.78. The number of aliphatic carboxylic acids is 1. The zero-order valence-corrected chi connectivity index (χ0v) is 28.6. The lowest BCUT2D eigenvalue weighted by molar-refractivity contribution is -0.176. The molecule has 5 rings (SSSR count). The highest BCUT2D eigenvalue weighted by Crippen LogP contribution is 2.71. The van der Waals surface area contributed by atoms with E-state index in [4.69, 9.17) is 0 Å². The molecular formula is C37H55NO4S. The van der Waals surface area contributed by atoms with E-state index >= 15 is 0 Å². The van der Waals surface area contributed by atoms with Crippen molar-refractivity contribution < 1.29 is 18.3 Å². The van der Waals surface area contributed by atoms with Crippen LogP contribution in [0.2, 0.25) is 0 Å². The molecule has 2 N–H and O–H groups in total. The molecule has 4 aliphatic carbocycles. The quantitative estimate of drug-likeness (QED) is 0.303. The average molecular weight is 610 g/mol. The van der Waals surface area contributed by atoms with Crippen LogP contribution in [0.5, 0.6) is 0 Å². The highest BCUT2D eigenvalue weighted by Gasteiger charge is 2.66. The second-order valence-electron chi connectivity index (χ2n) is 15.8. The topological polar surface area (TPSA) is 83.5 Å². The van der Waals surface area contributed by atoms with E-state index in [9.17, 15) is 18.3 Å². The first kappa shape index (κ1) is 32.5. The van der Waals surface area contributed by atoms with Gasteiger partial charge in [0.1, 0.15) is 0 Å². The lowest BCUT2D eigenvalue weighted by atomic mass is 9.40. The van der Waals surface area contributed by atoms with Gasteiger partial charge in [-0.05, 0) is 134 Å². The maximum Gasteiger partial charge on any atom is 0.309 e. The lowest BCUT2D eigenvalue weighted by Gasteiger charge is -2.64. The summed E-state index contributed by atoms with van der Waals surface area (Å²) in [6, 6.07) is 7.42. The molecule has 9 atom stereocenters. The van der Waals surface area contributed by atoms with Gasteiger partial charge in [-0.1, -0.05) is 78.3 Å². The Labute approximate surface area is 261 Å². The van der Waals surface area contributed by atoms with Crippen LogP contribution in [0, 0.1) is 57.2 Å². The van der Waals surface area contributed by atoms with Crippen molar-refractivity contribution in [3.63, 3.8) is 0 Å². The molecule has 238 valence electrons. The smallest absolute Gasteiger partial charge is 0.309 e. The number of allylic oxidation sites excluding steroid dienone is 3. The Kier molecular flexibility index (Phi) is 8.20. The van der Waals surface area contributed by atoms with Gasteiger partial charge in [0.25, 0.3) is 0 Å². The first-order valence-electron chi connectivity index (χ1n) is 16.6. The molecule has 3 saturated carbocycles. The Hall–Kier alpha value is -1.92. The molecule has 3 fully saturated rings. The number of rotatable bonds is 7. The van der Waals surface area contributed by atoms with Gasteiger partial charge in [-0.25, -0.2) is 13.1 Å². The fourth-order valence-electron chi connectivity index (χ4n) is 11.7. The van der Waals surface area contributed by atoms with E-state index < -0.39 is 21.4 Å². The van der Waals surface area contributed by atoms with Crippen molar-refractivity contribution in [2.45, 2.75) is 105 Å². The summed E-state index contributed by atoms with van der Waals surface area (Å²) < 4.78 is 27.7. The largest absolute Gasteiger partial charge is 0.481 e. The number of nitrogens with one attached hydrogen (secondary N) is 1. The molecule has 0 bridgehead atoms. The van der Waals surface area contributed by atoms with Crippen LogP contribution >= 0.6 is 0 Å². The maximum atomic E-state index is 12.9. The fraction of sp³-hybridized carbons (Fsp3) is 0.703. The van der Waals surface area contributed by atoms with Crippen LogP contribution in [0.25, 0.3) is 5.57 Å². The van der Waals surface area contributed by atoms with Crippen molar-refractivity contribution in [3.05, 3.63) is 48.1 Å². The van der Waals surface area contributed by atoms with E-state index in [1.807, 2.05) is 12.1 Å². The summed E-state index contributed by atoms with van der Waals surface area (Å²) in [6.07, 6.45) is 10.2. The van der Waals surface area contributed by atoms with Gasteiger partial charge in [-0.3, -0.25) is 4.79 Å². The molecule has 1 aromatic rings. The number of hydrogen-bond acceptors (Lipinski definition) is 3. The van der Waals surface area contributed by atoms with Gasteiger partial charge in [0, 0.05) is 0 Å². The standard InChI is InChI=1S/C37H55NO4S/c1-10-31-34(5,6)29(25-12-11-13-26(22-25)43(41,42)38-9)17-18-36(31,8)28-14-15-30-32-27(23(2)3)16-19-37(32,33(39)40)21-20-35(30,7)24(28)4/h11-13,17,22,24,27-28,30-32,38H,2,10,14-16,18-21H2,1,3-9H3,(H,39,40). The van der Waals surface area contributed by atoms with Crippen molar-refractivity contribution in [2.24, 2.45) is 57.2 Å². The Bertz CT molecular complexity index is 1430. The van der Waals surface area contributed by atoms with Crippen molar-refractivity contribution >= 4 is 21.6 Å². The number of carboxylic acids is 1. The summed E-state index contributed by atoms with van der Waals surface area (Å²) in [7, 11) is -2.07. The van der Waals surface area contributed by atoms with Gasteiger partial charge in [0.05, 0.1) is 10.3 Å². The van der Waals surface area contributed by atoms with Gasteiger partial charge in [0.2, 0.25) is 10.0 Å². The molecule has 0 aliphatic heterocycles. The molecule has 0 radical (unpaired) electrons. The van der Waals surface area contributed by atoms with Crippen molar-refractivity contribution in [3.8, 4) is 0 Å². The Balaban J connectivity index is 1.51. The van der Waals surface area contributed by atoms with Crippen LogP contribution in [-0.4, -0.2) is 26.5 Å². The number of fused-ring (bicyclic) bond motifs is 3. The highest BCUT2D eigenvalue weighted by atomic mass is 32.2. The second-order valence-corrected chi connectivity index (χ2v) is 17.7. The third kappa shape index (κ3) is 4.71. The molecule has 0 saturated heterocycles. The van der Waals surface area contributed by atoms with Crippen molar-refractivity contribution in [2.75, 3.05) is 7.05 Å². The van der Waals surface area contributed by atoms with Gasteiger partial charge < -0.3 is 5.11 Å². The van der Waals surface area contributed by atoms with Gasteiger partial charge in [0.15, 0.2) is 0 Å². The van der Waals surface area contributed by atoms with Crippen LogP contribution in [0.3, 0.4) is 0 Å². The normalized spacial score (nSPS) is 40.7. The molecule has 4 aliphatic rings. The van der Waals surface area contributed by atoms with Crippen LogP contribution in [-0.2, 0) is 14.8 Å². The SMILES string of the molecule is C=C(C)C1CCC2(C(=O)O)CCC3(C)C(C)C(C4(C)CC=C(c5cccc(S(=O)(=O)NC)c5)C(C)(C)C4CC)CCC3C12. The Morgan fingerprint density at radius 2 is 1.72 bits per heavy atom. The van der Waals surface area contributed by atoms with Crippen molar-refractivity contribution in [1.29, 1.82) is 0 Å². The van der Waals surface area contributed by atoms with E-state index in [-0.39, 0.29) is 22.2 Å². The van der Waals surface area contributed by atoms with Crippen LogP contribution < -0.4 is 4.72 Å². The third-order valence-corrected chi connectivity index (χ3v) is 15.4. The maximum absolute atomic E-state index is 12.9. The van der Waals surface area contributed by atoms with E-state index in [2.05, 4.69) is 71.9 Å². The van der Waals surface area contributed by atoms with E-state index in [1.165, 1.54) is 18.2 Å². The predicted molar refractivity (Wildman–Crippen MR) is 175 cm³/mol. The third-order valence-electron chi connectivity index (χ3n) is 13.9. The second kappa shape index (κ2) is 10.9. The number of hydrogen-bond donors (Lipinski definition) is 2. The first-order chi connectivity index (χ1) is 20.0. The number of carbonyl (C=O) groups is 1. The number of sulfonamides is 1. The summed E-state index contributed by atoms with van der Waals surface area (Å²) in [6.45, 7) is 21.0. The predicted octanol–water partition coefficient (Wildman–Crippen LogP) is 8.58. The van der Waals surface area contributed by atoms with Gasteiger partial charge in [-0.2, -0.15) is 0 Å². The minimum Gasteiger partial charge on any atom is -0.481 e. The molecule has 6 heteroatoms. The van der Waals surface area contributed by atoms with Gasteiger partial charge >= 0.3 is 5.97 Å². The van der Waals surface area contributed by atoms with E-state index in [0.29, 0.717) is 34.5 Å². The molecule has 0 heterocycles. The fourth-order valence-corrected chi connectivity index (χ4v) is 12.5. The summed E-state index contributed by atoms with van der Waals surface area (Å²) in [5.41, 5.74) is 2.89. The zero-order valence-electron chi connectivity index (χ0n) is 27.8. The zero-order chi connectivity index (χ0) is 31.8. The van der Waals surface area contributed by atoms with Crippen LogP contribution in [0.1, 0.15) is 105 Å². The molecule has 0 spiro atoms. The summed E-state index contributed by atoms with van der Waals surface area (Å²) in [5, 5.41) is 10.6. The molecule has 1 aromatic carbocycles. The Morgan fingerprint density at radius 3 is 2.33 bits per heavy atom. The van der Waals surface area contributed by atoms with E-state index in [0.717, 1.165) is 56.9 Å². The van der Waals surface area contributed by atoms with Crippen LogP contribution in [0.15, 0.2) is 47.4 Å². The molecule has 0 aromatic heterocycles. The summed E-state index contributed by atoms with van der Waals surface area (Å²) >= 11 is 0. The van der Waals surface area contributed by atoms with Crippen LogP contribution in [0.4, 0.5) is 0 Å².